The molecule has 0 radical (unpaired) electrons. The van der Waals surface area contributed by atoms with Gasteiger partial charge in [-0.1, -0.05) is 6.42 Å². The van der Waals surface area contributed by atoms with Crippen LogP contribution in [0.4, 0.5) is 4.79 Å². The molecule has 0 unspecified atom stereocenters. The Morgan fingerprint density at radius 3 is 2.27 bits per heavy atom. The highest BCUT2D eigenvalue weighted by Crippen LogP contribution is 2.14. The van der Waals surface area contributed by atoms with Gasteiger partial charge >= 0.3 is 6.03 Å². The van der Waals surface area contributed by atoms with Crippen molar-refractivity contribution in [3.63, 3.8) is 0 Å². The number of urea groups is 1. The predicted octanol–water partition coefficient (Wildman–Crippen LogP) is 1.89. The van der Waals surface area contributed by atoms with Crippen LogP contribution in [0.15, 0.2) is 4.99 Å². The highest BCUT2D eigenvalue weighted by Gasteiger charge is 2.06. The molecule has 2 N–H and O–H groups in total. The van der Waals surface area contributed by atoms with E-state index in [4.69, 9.17) is 5.73 Å². The second-order valence-corrected chi connectivity index (χ2v) is 2.58. The number of rotatable bonds is 0. The van der Waals surface area contributed by atoms with Crippen LogP contribution in [-0.4, -0.2) is 11.7 Å². The number of carbonyl (C=O) groups excluding carboxylic acids is 1. The fourth-order valence-corrected chi connectivity index (χ4v) is 1.23. The van der Waals surface area contributed by atoms with Crippen molar-refractivity contribution in [3.8, 4) is 0 Å². The van der Waals surface area contributed by atoms with E-state index in [-0.39, 0.29) is 12.4 Å². The largest absolute Gasteiger partial charge is 0.350 e. The van der Waals surface area contributed by atoms with Gasteiger partial charge in [0.2, 0.25) is 0 Å². The molecular weight excluding hydrogens is 164 g/mol. The van der Waals surface area contributed by atoms with Crippen LogP contribution in [-0.2, 0) is 0 Å². The van der Waals surface area contributed by atoms with Crippen molar-refractivity contribution in [2.24, 2.45) is 10.7 Å². The van der Waals surface area contributed by atoms with Gasteiger partial charge in [0.25, 0.3) is 0 Å². The molecule has 0 aromatic heterocycles. The summed E-state index contributed by atoms with van der Waals surface area (Å²) in [5.41, 5.74) is 5.88. The molecule has 2 amide bonds. The summed E-state index contributed by atoms with van der Waals surface area (Å²) in [5.74, 6) is 0. The SMILES string of the molecule is Cl.NC(=O)N=C1CCCCC1. The van der Waals surface area contributed by atoms with Crippen molar-refractivity contribution < 1.29 is 4.79 Å². The summed E-state index contributed by atoms with van der Waals surface area (Å²) in [5, 5.41) is 0. The van der Waals surface area contributed by atoms with Crippen molar-refractivity contribution in [2.45, 2.75) is 32.1 Å². The maximum absolute atomic E-state index is 10.3. The minimum Gasteiger partial charge on any atom is -0.350 e. The van der Waals surface area contributed by atoms with Crippen molar-refractivity contribution in [1.82, 2.24) is 0 Å². The first-order valence-corrected chi connectivity index (χ1v) is 3.65. The molecule has 4 heteroatoms. The van der Waals surface area contributed by atoms with Crippen LogP contribution in [0.3, 0.4) is 0 Å². The zero-order chi connectivity index (χ0) is 7.40. The van der Waals surface area contributed by atoms with Gasteiger partial charge in [-0.25, -0.2) is 9.79 Å². The molecule has 3 nitrogen and oxygen atoms in total. The van der Waals surface area contributed by atoms with Gasteiger partial charge in [-0.3, -0.25) is 0 Å². The van der Waals surface area contributed by atoms with Gasteiger partial charge in [-0.15, -0.1) is 12.4 Å². The van der Waals surface area contributed by atoms with Crippen molar-refractivity contribution in [3.05, 3.63) is 0 Å². The first-order chi connectivity index (χ1) is 4.79. The third kappa shape index (κ3) is 3.98. The number of amides is 2. The molecule has 1 rings (SSSR count). The van der Waals surface area contributed by atoms with Crippen LogP contribution in [0.1, 0.15) is 32.1 Å². The van der Waals surface area contributed by atoms with Crippen LogP contribution in [0.25, 0.3) is 0 Å². The molecule has 0 spiro atoms. The molecule has 0 aliphatic heterocycles. The van der Waals surface area contributed by atoms with Crippen molar-refractivity contribution in [2.75, 3.05) is 0 Å². The standard InChI is InChI=1S/C7H12N2O.ClH/c8-7(10)9-6-4-2-1-3-5-6;/h1-5H2,(H2,8,10);1H. The second-order valence-electron chi connectivity index (χ2n) is 2.58. The highest BCUT2D eigenvalue weighted by molar-refractivity contribution is 5.94. The van der Waals surface area contributed by atoms with E-state index in [1.165, 1.54) is 6.42 Å². The summed E-state index contributed by atoms with van der Waals surface area (Å²) < 4.78 is 0. The molecule has 1 aliphatic rings. The van der Waals surface area contributed by atoms with E-state index in [0.717, 1.165) is 31.4 Å². The van der Waals surface area contributed by atoms with Gasteiger partial charge in [0.1, 0.15) is 0 Å². The first-order valence-electron chi connectivity index (χ1n) is 3.65. The smallest absolute Gasteiger partial charge is 0.338 e. The van der Waals surface area contributed by atoms with E-state index in [1.807, 2.05) is 0 Å². The van der Waals surface area contributed by atoms with Crippen molar-refractivity contribution in [1.29, 1.82) is 0 Å². The van der Waals surface area contributed by atoms with E-state index in [1.54, 1.807) is 0 Å². The van der Waals surface area contributed by atoms with E-state index < -0.39 is 6.03 Å². The molecule has 0 aromatic carbocycles. The molecule has 0 atom stereocenters. The number of primary amides is 1. The molecule has 0 saturated heterocycles. The Kier molecular flexibility index (Phi) is 4.86. The van der Waals surface area contributed by atoms with Crippen LogP contribution in [0.2, 0.25) is 0 Å². The number of aliphatic imine (C=N–C) groups is 1. The normalized spacial score (nSPS) is 16.9. The average Bonchev–Trinajstić information content (AvgIpc) is 1.88. The zero-order valence-electron chi connectivity index (χ0n) is 6.38. The topological polar surface area (TPSA) is 55.5 Å². The molecule has 1 fully saturated rings. The highest BCUT2D eigenvalue weighted by atomic mass is 35.5. The molecular formula is C7H13ClN2O. The molecule has 1 aliphatic carbocycles. The molecule has 64 valence electrons. The lowest BCUT2D eigenvalue weighted by atomic mass is 9.99. The van der Waals surface area contributed by atoms with E-state index in [9.17, 15) is 4.79 Å². The minimum absolute atomic E-state index is 0. The minimum atomic E-state index is -0.545. The number of nitrogens with zero attached hydrogens (tertiary/aromatic N) is 1. The third-order valence-electron chi connectivity index (χ3n) is 1.70. The molecule has 0 bridgehead atoms. The van der Waals surface area contributed by atoms with E-state index in [2.05, 4.69) is 4.99 Å². The maximum Gasteiger partial charge on any atom is 0.338 e. The molecule has 1 saturated carbocycles. The lowest BCUT2D eigenvalue weighted by Gasteiger charge is -2.10. The number of carbonyl (C=O) groups is 1. The summed E-state index contributed by atoms with van der Waals surface area (Å²) in [4.78, 5) is 14.0. The van der Waals surface area contributed by atoms with Gasteiger partial charge in [-0.05, 0) is 25.7 Å². The van der Waals surface area contributed by atoms with E-state index in [0.29, 0.717) is 0 Å². The average molecular weight is 177 g/mol. The Bertz CT molecular complexity index is 160. The lowest BCUT2D eigenvalue weighted by molar-refractivity contribution is 0.256. The third-order valence-corrected chi connectivity index (χ3v) is 1.70. The molecule has 0 aromatic rings. The number of halogens is 1. The quantitative estimate of drug-likeness (QED) is 0.602. The molecule has 11 heavy (non-hydrogen) atoms. The fraction of sp³-hybridized carbons (Fsp3) is 0.714. The summed E-state index contributed by atoms with van der Waals surface area (Å²) in [6.07, 6.45) is 5.50. The van der Waals surface area contributed by atoms with Crippen LogP contribution < -0.4 is 5.73 Å². The van der Waals surface area contributed by atoms with Gasteiger partial charge in [0, 0.05) is 5.71 Å². The number of hydrogen-bond acceptors (Lipinski definition) is 1. The molecule has 0 heterocycles. The Morgan fingerprint density at radius 1 is 1.27 bits per heavy atom. The van der Waals surface area contributed by atoms with Crippen LogP contribution in [0, 0.1) is 0 Å². The Morgan fingerprint density at radius 2 is 1.82 bits per heavy atom. The Balaban J connectivity index is 0.000001000. The lowest BCUT2D eigenvalue weighted by Crippen LogP contribution is -2.12. The van der Waals surface area contributed by atoms with Crippen LogP contribution in [0.5, 0.6) is 0 Å². The predicted molar refractivity (Wildman–Crippen MR) is 47.4 cm³/mol. The van der Waals surface area contributed by atoms with Crippen molar-refractivity contribution >= 4 is 24.1 Å². The fourth-order valence-electron chi connectivity index (χ4n) is 1.23. The van der Waals surface area contributed by atoms with Gasteiger partial charge in [-0.2, -0.15) is 0 Å². The van der Waals surface area contributed by atoms with Crippen LogP contribution >= 0.6 is 12.4 Å². The summed E-state index contributed by atoms with van der Waals surface area (Å²) in [6, 6.07) is -0.545. The van der Waals surface area contributed by atoms with Gasteiger partial charge < -0.3 is 5.73 Å². The number of hydrogen-bond donors (Lipinski definition) is 1. The second kappa shape index (κ2) is 5.13. The Labute approximate surface area is 72.5 Å². The summed E-state index contributed by atoms with van der Waals surface area (Å²) >= 11 is 0. The number of nitrogens with two attached hydrogens (primary N) is 1. The van der Waals surface area contributed by atoms with E-state index >= 15 is 0 Å². The maximum atomic E-state index is 10.3. The summed E-state index contributed by atoms with van der Waals surface area (Å²) in [7, 11) is 0. The monoisotopic (exact) mass is 176 g/mol. The first kappa shape index (κ1) is 10.4. The zero-order valence-corrected chi connectivity index (χ0v) is 7.19. The van der Waals surface area contributed by atoms with Gasteiger partial charge in [0.15, 0.2) is 0 Å². The summed E-state index contributed by atoms with van der Waals surface area (Å²) in [6.45, 7) is 0. The van der Waals surface area contributed by atoms with Gasteiger partial charge in [0.05, 0.1) is 0 Å². The Hall–Kier alpha value is -0.570.